The van der Waals surface area contributed by atoms with Gasteiger partial charge >= 0.3 is 0 Å². The third-order valence-corrected chi connectivity index (χ3v) is 4.71. The van der Waals surface area contributed by atoms with E-state index in [9.17, 15) is 0 Å². The standard InChI is InChI=1S/C21H22N6/c1-16(20-15-25-27(17(20)2)18-8-4-3-5-9-18)24-14-19-10-6-13-26(19)21-22-11-7-12-23-21/h3-13,15-16,24H,14H2,1-2H3. The van der Waals surface area contributed by atoms with Crippen LogP contribution in [0.15, 0.2) is 73.3 Å². The van der Waals surface area contributed by atoms with Gasteiger partial charge in [-0.3, -0.25) is 4.57 Å². The highest BCUT2D eigenvalue weighted by atomic mass is 15.3. The van der Waals surface area contributed by atoms with Crippen LogP contribution in [0.2, 0.25) is 0 Å². The van der Waals surface area contributed by atoms with E-state index in [0.29, 0.717) is 12.5 Å². The summed E-state index contributed by atoms with van der Waals surface area (Å²) in [5, 5.41) is 8.16. The predicted octanol–water partition coefficient (Wildman–Crippen LogP) is 3.61. The third-order valence-electron chi connectivity index (χ3n) is 4.71. The second-order valence-electron chi connectivity index (χ2n) is 6.45. The molecule has 1 unspecified atom stereocenters. The SMILES string of the molecule is Cc1c(C(C)NCc2cccn2-c2ncccn2)cnn1-c1ccccc1. The molecule has 0 aliphatic rings. The van der Waals surface area contributed by atoms with Crippen LogP contribution in [0.5, 0.6) is 0 Å². The van der Waals surface area contributed by atoms with Gasteiger partial charge in [0, 0.05) is 48.1 Å². The van der Waals surface area contributed by atoms with Crippen molar-refractivity contribution in [1.29, 1.82) is 0 Å². The molecule has 4 aromatic rings. The Hall–Kier alpha value is -3.25. The minimum absolute atomic E-state index is 0.169. The van der Waals surface area contributed by atoms with Crippen LogP contribution in [0, 0.1) is 6.92 Å². The first-order chi connectivity index (χ1) is 13.2. The topological polar surface area (TPSA) is 60.6 Å². The summed E-state index contributed by atoms with van der Waals surface area (Å²) < 4.78 is 3.98. The molecule has 3 heterocycles. The van der Waals surface area contributed by atoms with E-state index in [1.54, 1.807) is 12.4 Å². The van der Waals surface area contributed by atoms with Crippen molar-refractivity contribution in [1.82, 2.24) is 29.6 Å². The van der Waals surface area contributed by atoms with Crippen LogP contribution in [0.1, 0.15) is 29.9 Å². The zero-order chi connectivity index (χ0) is 18.6. The lowest BCUT2D eigenvalue weighted by Gasteiger charge is -2.15. The number of hydrogen-bond acceptors (Lipinski definition) is 4. The van der Waals surface area contributed by atoms with Crippen LogP contribution in [0.3, 0.4) is 0 Å². The van der Waals surface area contributed by atoms with Crippen LogP contribution in [-0.2, 0) is 6.54 Å². The summed E-state index contributed by atoms with van der Waals surface area (Å²) in [5.74, 6) is 0.681. The summed E-state index contributed by atoms with van der Waals surface area (Å²) in [7, 11) is 0. The molecule has 1 aromatic carbocycles. The average molecular weight is 358 g/mol. The van der Waals surface area contributed by atoms with Gasteiger partial charge in [-0.2, -0.15) is 5.10 Å². The molecular formula is C21H22N6. The number of benzene rings is 1. The van der Waals surface area contributed by atoms with E-state index in [-0.39, 0.29) is 6.04 Å². The van der Waals surface area contributed by atoms with E-state index in [2.05, 4.69) is 52.4 Å². The Kier molecular flexibility index (Phi) is 4.80. The smallest absolute Gasteiger partial charge is 0.233 e. The molecule has 0 saturated carbocycles. The molecule has 0 spiro atoms. The molecule has 6 nitrogen and oxygen atoms in total. The largest absolute Gasteiger partial charge is 0.305 e. The van der Waals surface area contributed by atoms with E-state index >= 15 is 0 Å². The molecule has 1 atom stereocenters. The van der Waals surface area contributed by atoms with Crippen molar-refractivity contribution in [2.24, 2.45) is 0 Å². The van der Waals surface area contributed by atoms with E-state index in [1.807, 2.05) is 52.0 Å². The lowest BCUT2D eigenvalue weighted by molar-refractivity contribution is 0.559. The van der Waals surface area contributed by atoms with Crippen LogP contribution < -0.4 is 5.32 Å². The number of nitrogens with one attached hydrogen (secondary N) is 1. The Labute approximate surface area is 158 Å². The number of rotatable bonds is 6. The molecule has 4 rings (SSSR count). The Morgan fingerprint density at radius 2 is 1.78 bits per heavy atom. The van der Waals surface area contributed by atoms with Crippen molar-refractivity contribution in [2.45, 2.75) is 26.4 Å². The van der Waals surface area contributed by atoms with E-state index < -0.39 is 0 Å². The average Bonchev–Trinajstić information content (AvgIpc) is 3.34. The summed E-state index contributed by atoms with van der Waals surface area (Å²) in [6.45, 7) is 4.97. The molecule has 0 bridgehead atoms. The van der Waals surface area contributed by atoms with Gasteiger partial charge in [0.25, 0.3) is 0 Å². The minimum atomic E-state index is 0.169. The molecule has 3 aromatic heterocycles. The second-order valence-corrected chi connectivity index (χ2v) is 6.45. The van der Waals surface area contributed by atoms with Crippen LogP contribution in [0.25, 0.3) is 11.6 Å². The van der Waals surface area contributed by atoms with Gasteiger partial charge in [0.15, 0.2) is 0 Å². The van der Waals surface area contributed by atoms with E-state index in [0.717, 1.165) is 17.1 Å². The van der Waals surface area contributed by atoms with Crippen LogP contribution in [-0.4, -0.2) is 24.3 Å². The fourth-order valence-corrected chi connectivity index (χ4v) is 3.22. The molecule has 0 saturated heterocycles. The van der Waals surface area contributed by atoms with Gasteiger partial charge in [0.05, 0.1) is 11.9 Å². The van der Waals surface area contributed by atoms with Gasteiger partial charge in [0.2, 0.25) is 5.95 Å². The lowest BCUT2D eigenvalue weighted by Crippen LogP contribution is -2.20. The second kappa shape index (κ2) is 7.55. The van der Waals surface area contributed by atoms with Gasteiger partial charge in [-0.05, 0) is 44.2 Å². The highest BCUT2D eigenvalue weighted by Crippen LogP contribution is 2.20. The molecule has 1 N–H and O–H groups in total. The zero-order valence-electron chi connectivity index (χ0n) is 15.4. The third kappa shape index (κ3) is 3.52. The summed E-state index contributed by atoms with van der Waals surface area (Å²) in [5.41, 5.74) is 4.51. The molecule has 136 valence electrons. The van der Waals surface area contributed by atoms with Gasteiger partial charge in [-0.15, -0.1) is 0 Å². The van der Waals surface area contributed by atoms with Crippen molar-refractivity contribution in [2.75, 3.05) is 0 Å². The number of nitrogens with zero attached hydrogens (tertiary/aromatic N) is 5. The fourth-order valence-electron chi connectivity index (χ4n) is 3.22. The number of hydrogen-bond donors (Lipinski definition) is 1. The quantitative estimate of drug-likeness (QED) is 0.572. The minimum Gasteiger partial charge on any atom is -0.305 e. The summed E-state index contributed by atoms with van der Waals surface area (Å²) >= 11 is 0. The van der Waals surface area contributed by atoms with E-state index in [4.69, 9.17) is 0 Å². The maximum atomic E-state index is 4.57. The number of aromatic nitrogens is 5. The maximum Gasteiger partial charge on any atom is 0.233 e. The molecule has 0 radical (unpaired) electrons. The van der Waals surface area contributed by atoms with Crippen molar-refractivity contribution >= 4 is 0 Å². The van der Waals surface area contributed by atoms with Gasteiger partial charge in [0.1, 0.15) is 0 Å². The molecule has 0 amide bonds. The van der Waals surface area contributed by atoms with Crippen molar-refractivity contribution in [3.63, 3.8) is 0 Å². The van der Waals surface area contributed by atoms with Crippen molar-refractivity contribution in [3.8, 4) is 11.6 Å². The van der Waals surface area contributed by atoms with Gasteiger partial charge in [-0.25, -0.2) is 14.6 Å². The van der Waals surface area contributed by atoms with Crippen molar-refractivity contribution < 1.29 is 0 Å². The maximum absolute atomic E-state index is 4.57. The van der Waals surface area contributed by atoms with Gasteiger partial charge in [-0.1, -0.05) is 18.2 Å². The first-order valence-electron chi connectivity index (χ1n) is 9.01. The normalized spacial score (nSPS) is 12.2. The highest BCUT2D eigenvalue weighted by Gasteiger charge is 2.15. The molecule has 27 heavy (non-hydrogen) atoms. The zero-order valence-corrected chi connectivity index (χ0v) is 15.4. The summed E-state index contributed by atoms with van der Waals surface area (Å²) in [4.78, 5) is 8.66. The highest BCUT2D eigenvalue weighted by molar-refractivity contribution is 5.35. The molecule has 0 aliphatic carbocycles. The first kappa shape index (κ1) is 17.2. The molecular weight excluding hydrogens is 336 g/mol. The Bertz CT molecular complexity index is 1000. The molecule has 0 fully saturated rings. The van der Waals surface area contributed by atoms with Crippen LogP contribution >= 0.6 is 0 Å². The summed E-state index contributed by atoms with van der Waals surface area (Å²) in [6.07, 6.45) is 7.43. The number of para-hydroxylation sites is 1. The molecule has 6 heteroatoms. The Morgan fingerprint density at radius 1 is 1.00 bits per heavy atom. The van der Waals surface area contributed by atoms with E-state index in [1.165, 1.54) is 5.56 Å². The Morgan fingerprint density at radius 3 is 2.56 bits per heavy atom. The summed E-state index contributed by atoms with van der Waals surface area (Å²) in [6, 6.07) is 16.3. The first-order valence-corrected chi connectivity index (χ1v) is 9.01. The Balaban J connectivity index is 1.49. The monoisotopic (exact) mass is 358 g/mol. The lowest BCUT2D eigenvalue weighted by atomic mass is 10.1. The fraction of sp³-hybridized carbons (Fsp3) is 0.190. The van der Waals surface area contributed by atoms with Crippen molar-refractivity contribution in [3.05, 3.63) is 90.3 Å². The van der Waals surface area contributed by atoms with Crippen LogP contribution in [0.4, 0.5) is 0 Å². The predicted molar refractivity (Wildman–Crippen MR) is 105 cm³/mol. The molecule has 0 aliphatic heterocycles. The van der Waals surface area contributed by atoms with Gasteiger partial charge < -0.3 is 5.32 Å².